The van der Waals surface area contributed by atoms with Crippen molar-refractivity contribution < 1.29 is 0 Å². The maximum absolute atomic E-state index is 2.84. The molecule has 0 unspecified atom stereocenters. The molecule has 0 N–H and O–H groups in total. The summed E-state index contributed by atoms with van der Waals surface area (Å²) in [6.45, 7) is 47.3. The van der Waals surface area contributed by atoms with E-state index >= 15 is 0 Å². The zero-order valence-electron chi connectivity index (χ0n) is 46.1. The second-order valence-corrected chi connectivity index (χ2v) is 34.9. The maximum atomic E-state index is 2.84. The lowest BCUT2D eigenvalue weighted by molar-refractivity contribution is 0.331. The average Bonchev–Trinajstić information content (AvgIpc) is 3.62. The van der Waals surface area contributed by atoms with Crippen LogP contribution in [0, 0.1) is 6.92 Å². The molecule has 3 heterocycles. The largest absolute Gasteiger partial charge is 0.311 e. The Morgan fingerprint density at radius 1 is 0.522 bits per heavy atom. The number of fused-ring (bicyclic) bond motifs is 10. The lowest BCUT2D eigenvalue weighted by Crippen LogP contribution is -2.62. The molecule has 69 heavy (non-hydrogen) atoms. The molecule has 3 aliphatic carbocycles. The molecule has 0 spiro atoms. The van der Waals surface area contributed by atoms with Crippen LogP contribution in [0.3, 0.4) is 0 Å². The first-order valence-corrected chi connectivity index (χ1v) is 31.0. The van der Waals surface area contributed by atoms with Crippen LogP contribution < -0.4 is 30.7 Å². The summed E-state index contributed by atoms with van der Waals surface area (Å²) in [6.07, 6.45) is 7.19. The van der Waals surface area contributed by atoms with Gasteiger partial charge < -0.3 is 9.80 Å². The minimum Gasteiger partial charge on any atom is -0.311 e. The van der Waals surface area contributed by atoms with Gasteiger partial charge in [0.15, 0.2) is 0 Å². The minimum atomic E-state index is -1.92. The standard InChI is InChI=1S/C64H81BN2SSi/c1-38-32-39(58(2,3)4)20-25-49(38)67-51-35-41(69(17,18)19)34-50-54(51)65(57-55(67)42-36-46-47(37-52(42)68-57)63(13,14)29-28-62(46,11)12)48-24-23-44-53(64(15,16)31-30-60(44,7)8)56(48)66(50)40-21-22-43-45(33-40)61(9,10)27-26-59(43,5)6/h20-25,32-37H,26-31H2,1-19H3. The molecule has 6 aromatic rings. The van der Waals surface area contributed by atoms with Gasteiger partial charge in [-0.15, -0.1) is 11.3 Å². The maximum Gasteiger partial charge on any atom is 0.264 e. The summed E-state index contributed by atoms with van der Waals surface area (Å²) < 4.78 is 2.93. The van der Waals surface area contributed by atoms with Crippen LogP contribution in [0.25, 0.3) is 10.1 Å². The van der Waals surface area contributed by atoms with Crippen LogP contribution >= 0.6 is 11.3 Å². The van der Waals surface area contributed by atoms with Crippen molar-refractivity contribution in [2.45, 2.75) is 207 Å². The third-order valence-electron chi connectivity index (χ3n) is 18.8. The average molecular weight is 949 g/mol. The quantitative estimate of drug-likeness (QED) is 0.163. The highest BCUT2D eigenvalue weighted by Gasteiger charge is 2.51. The van der Waals surface area contributed by atoms with Gasteiger partial charge in [-0.2, -0.15) is 0 Å². The molecule has 0 saturated heterocycles. The Balaban J connectivity index is 1.32. The van der Waals surface area contributed by atoms with Gasteiger partial charge in [0.05, 0.1) is 13.8 Å². The molecule has 0 bridgehead atoms. The molecular weight excluding hydrogens is 868 g/mol. The second-order valence-electron chi connectivity index (χ2n) is 28.7. The van der Waals surface area contributed by atoms with E-state index in [4.69, 9.17) is 0 Å². The van der Waals surface area contributed by atoms with Crippen molar-refractivity contribution in [3.05, 3.63) is 117 Å². The van der Waals surface area contributed by atoms with Gasteiger partial charge in [0.1, 0.15) is 0 Å². The normalized spacial score (nSPS) is 20.9. The predicted octanol–water partition coefficient (Wildman–Crippen LogP) is 16.2. The molecule has 1 aromatic heterocycles. The molecule has 11 rings (SSSR count). The lowest BCUT2D eigenvalue weighted by atomic mass is 9.35. The summed E-state index contributed by atoms with van der Waals surface area (Å²) in [4.78, 5) is 5.62. The van der Waals surface area contributed by atoms with Gasteiger partial charge in [0, 0.05) is 43.3 Å². The monoisotopic (exact) mass is 949 g/mol. The minimum absolute atomic E-state index is 0.00748. The lowest BCUT2D eigenvalue weighted by Gasteiger charge is -2.50. The smallest absolute Gasteiger partial charge is 0.264 e. The number of thiophene rings is 1. The third kappa shape index (κ3) is 6.95. The first-order valence-electron chi connectivity index (χ1n) is 26.7. The Bertz CT molecular complexity index is 3180. The third-order valence-corrected chi connectivity index (χ3v) is 22.1. The summed E-state index contributed by atoms with van der Waals surface area (Å²) >= 11 is 2.10. The highest BCUT2D eigenvalue weighted by molar-refractivity contribution is 7.33. The summed E-state index contributed by atoms with van der Waals surface area (Å²) in [6, 6.07) is 31.0. The van der Waals surface area contributed by atoms with E-state index in [9.17, 15) is 0 Å². The molecule has 2 aliphatic heterocycles. The van der Waals surface area contributed by atoms with E-state index in [0.717, 1.165) is 0 Å². The van der Waals surface area contributed by atoms with Crippen molar-refractivity contribution in [2.24, 2.45) is 0 Å². The van der Waals surface area contributed by atoms with E-state index < -0.39 is 8.07 Å². The van der Waals surface area contributed by atoms with Crippen molar-refractivity contribution in [3.63, 3.8) is 0 Å². The summed E-state index contributed by atoms with van der Waals surface area (Å²) in [5, 5.41) is 2.94. The van der Waals surface area contributed by atoms with Crippen LogP contribution in [0.5, 0.6) is 0 Å². The number of anilines is 6. The van der Waals surface area contributed by atoms with Crippen molar-refractivity contribution in [3.8, 4) is 0 Å². The zero-order valence-corrected chi connectivity index (χ0v) is 47.9. The molecule has 2 nitrogen and oxygen atoms in total. The Labute approximate surface area is 422 Å². The fourth-order valence-corrected chi connectivity index (χ4v) is 16.3. The molecule has 5 aromatic carbocycles. The first-order chi connectivity index (χ1) is 31.8. The van der Waals surface area contributed by atoms with Crippen molar-refractivity contribution in [2.75, 3.05) is 9.80 Å². The van der Waals surface area contributed by atoms with Crippen LogP contribution in [0.15, 0.2) is 72.8 Å². The van der Waals surface area contributed by atoms with Crippen LogP contribution in [-0.2, 0) is 37.9 Å². The van der Waals surface area contributed by atoms with Crippen molar-refractivity contribution in [1.82, 2.24) is 0 Å². The molecule has 0 amide bonds. The molecule has 5 aliphatic rings. The summed E-state index contributed by atoms with van der Waals surface area (Å²) in [5.74, 6) is 0. The number of aryl methyl sites for hydroxylation is 1. The van der Waals surface area contributed by atoms with Gasteiger partial charge >= 0.3 is 0 Å². The number of rotatable bonds is 3. The summed E-state index contributed by atoms with van der Waals surface area (Å²) in [7, 11) is -1.92. The van der Waals surface area contributed by atoms with Crippen molar-refractivity contribution >= 4 is 91.2 Å². The highest BCUT2D eigenvalue weighted by atomic mass is 32.1. The van der Waals surface area contributed by atoms with Gasteiger partial charge in [-0.3, -0.25) is 0 Å². The number of hydrogen-bond acceptors (Lipinski definition) is 3. The Morgan fingerprint density at radius 3 is 1.62 bits per heavy atom. The fourth-order valence-electron chi connectivity index (χ4n) is 13.8. The van der Waals surface area contributed by atoms with Crippen LogP contribution in [0.2, 0.25) is 19.6 Å². The van der Waals surface area contributed by atoms with E-state index in [2.05, 4.69) is 224 Å². The van der Waals surface area contributed by atoms with E-state index in [0.29, 0.717) is 0 Å². The predicted molar refractivity (Wildman–Crippen MR) is 308 cm³/mol. The molecular formula is C64H81BN2SSi. The van der Waals surface area contributed by atoms with Gasteiger partial charge in [-0.1, -0.05) is 159 Å². The summed E-state index contributed by atoms with van der Waals surface area (Å²) in [5.41, 5.74) is 23.7. The van der Waals surface area contributed by atoms with Crippen LogP contribution in [0.1, 0.15) is 187 Å². The first kappa shape index (κ1) is 47.3. The van der Waals surface area contributed by atoms with Crippen LogP contribution in [0.4, 0.5) is 34.1 Å². The Morgan fingerprint density at radius 2 is 1.04 bits per heavy atom. The van der Waals surface area contributed by atoms with Gasteiger partial charge in [-0.05, 0) is 181 Å². The van der Waals surface area contributed by atoms with E-state index in [1.165, 1.54) is 131 Å². The fraction of sp³-hybridized carbons (Fsp3) is 0.500. The SMILES string of the molecule is Cc1cc(C(C)(C)C)ccc1N1c2cc([Si](C)(C)C)cc3c2B(c2ccc4c(c2N3c2ccc3c(c2)C(C)(C)CCC3(C)C)C(C)(C)CCC4(C)C)c2sc3cc4c(cc3c21)C(C)(C)CCC4(C)C. The van der Waals surface area contributed by atoms with E-state index in [1.807, 2.05) is 0 Å². The second kappa shape index (κ2) is 14.6. The Hall–Kier alpha value is -4.06. The topological polar surface area (TPSA) is 6.48 Å². The van der Waals surface area contributed by atoms with Crippen LogP contribution in [-0.4, -0.2) is 14.8 Å². The molecule has 0 atom stereocenters. The number of benzene rings is 5. The molecule has 5 heteroatoms. The highest BCUT2D eigenvalue weighted by Crippen LogP contribution is 2.57. The molecule has 0 radical (unpaired) electrons. The Kier molecular flexibility index (Phi) is 9.97. The zero-order chi connectivity index (χ0) is 49.7. The number of nitrogens with zero attached hydrogens (tertiary/aromatic N) is 2. The molecule has 360 valence electrons. The van der Waals surface area contributed by atoms with Gasteiger partial charge in [0.2, 0.25) is 0 Å². The molecule has 0 fully saturated rings. The molecule has 0 saturated carbocycles. The van der Waals surface area contributed by atoms with Crippen molar-refractivity contribution in [1.29, 1.82) is 0 Å². The van der Waals surface area contributed by atoms with E-state index in [-0.39, 0.29) is 44.6 Å². The number of hydrogen-bond donors (Lipinski definition) is 0. The van der Waals surface area contributed by atoms with E-state index in [1.54, 1.807) is 16.7 Å². The van der Waals surface area contributed by atoms with Gasteiger partial charge in [0.25, 0.3) is 6.71 Å². The van der Waals surface area contributed by atoms with Gasteiger partial charge in [-0.25, -0.2) is 0 Å².